The number of halogens is 1. The summed E-state index contributed by atoms with van der Waals surface area (Å²) in [6, 6.07) is 10.7. The molecule has 0 unspecified atom stereocenters. The number of sulfonamides is 1. The highest BCUT2D eigenvalue weighted by Gasteiger charge is 2.11. The Morgan fingerprint density at radius 2 is 1.86 bits per heavy atom. The van der Waals surface area contributed by atoms with Crippen molar-refractivity contribution < 1.29 is 17.6 Å². The quantitative estimate of drug-likeness (QED) is 0.909. The Hall–Kier alpha value is -2.41. The van der Waals surface area contributed by atoms with Gasteiger partial charge in [-0.2, -0.15) is 0 Å². The maximum Gasteiger partial charge on any atom is 0.255 e. The highest BCUT2D eigenvalue weighted by atomic mass is 32.2. The zero-order chi connectivity index (χ0) is 16.3. The molecule has 2 aromatic rings. The SMILES string of the molecule is Cc1cccc(C(=O)Nc2ccc(F)c(NS(C)(=O)=O)c2)c1. The fourth-order valence-corrected chi connectivity index (χ4v) is 2.43. The van der Waals surface area contributed by atoms with Crippen LogP contribution in [0.5, 0.6) is 0 Å². The number of nitrogens with one attached hydrogen (secondary N) is 2. The van der Waals surface area contributed by atoms with Crippen molar-refractivity contribution in [3.63, 3.8) is 0 Å². The lowest BCUT2D eigenvalue weighted by molar-refractivity contribution is 0.102. The lowest BCUT2D eigenvalue weighted by atomic mass is 10.1. The van der Waals surface area contributed by atoms with Gasteiger partial charge in [0.15, 0.2) is 0 Å². The van der Waals surface area contributed by atoms with Crippen LogP contribution in [0.2, 0.25) is 0 Å². The van der Waals surface area contributed by atoms with Crippen LogP contribution in [-0.2, 0) is 10.0 Å². The summed E-state index contributed by atoms with van der Waals surface area (Å²) in [6.45, 7) is 1.86. The minimum atomic E-state index is -3.61. The van der Waals surface area contributed by atoms with Crippen LogP contribution in [-0.4, -0.2) is 20.6 Å². The first-order chi connectivity index (χ1) is 10.2. The molecule has 1 amide bonds. The van der Waals surface area contributed by atoms with Gasteiger partial charge in [-0.25, -0.2) is 12.8 Å². The van der Waals surface area contributed by atoms with E-state index >= 15 is 0 Å². The molecule has 0 saturated heterocycles. The summed E-state index contributed by atoms with van der Waals surface area (Å²) in [5, 5.41) is 2.60. The highest BCUT2D eigenvalue weighted by Crippen LogP contribution is 2.21. The largest absolute Gasteiger partial charge is 0.322 e. The van der Waals surface area contributed by atoms with E-state index in [-0.39, 0.29) is 11.6 Å². The molecule has 0 aliphatic carbocycles. The van der Waals surface area contributed by atoms with E-state index in [1.807, 2.05) is 13.0 Å². The Labute approximate surface area is 128 Å². The summed E-state index contributed by atoms with van der Waals surface area (Å²) in [7, 11) is -3.61. The Morgan fingerprint density at radius 1 is 1.14 bits per heavy atom. The molecule has 116 valence electrons. The van der Waals surface area contributed by atoms with Gasteiger partial charge < -0.3 is 5.32 Å². The molecule has 7 heteroatoms. The number of hydrogen-bond donors (Lipinski definition) is 2. The van der Waals surface area contributed by atoms with Crippen LogP contribution < -0.4 is 10.0 Å². The van der Waals surface area contributed by atoms with Crippen molar-refractivity contribution in [3.05, 3.63) is 59.4 Å². The van der Waals surface area contributed by atoms with Crippen molar-refractivity contribution in [2.24, 2.45) is 0 Å². The second-order valence-corrected chi connectivity index (χ2v) is 6.64. The minimum absolute atomic E-state index is 0.218. The van der Waals surface area contributed by atoms with E-state index in [2.05, 4.69) is 10.0 Å². The third-order valence-electron chi connectivity index (χ3n) is 2.80. The molecule has 2 rings (SSSR count). The van der Waals surface area contributed by atoms with Gasteiger partial charge in [-0.3, -0.25) is 9.52 Å². The molecular weight excluding hydrogens is 307 g/mol. The molecule has 2 aromatic carbocycles. The number of amides is 1. The first kappa shape index (κ1) is 16.0. The van der Waals surface area contributed by atoms with Gasteiger partial charge >= 0.3 is 0 Å². The topological polar surface area (TPSA) is 75.3 Å². The van der Waals surface area contributed by atoms with Crippen LogP contribution in [0.15, 0.2) is 42.5 Å². The molecule has 0 saturated carbocycles. The van der Waals surface area contributed by atoms with Crippen molar-refractivity contribution in [2.45, 2.75) is 6.92 Å². The summed E-state index contributed by atoms with van der Waals surface area (Å²) < 4.78 is 38.0. The molecule has 0 aliphatic rings. The molecule has 0 atom stereocenters. The summed E-state index contributed by atoms with van der Waals surface area (Å²) in [4.78, 5) is 12.1. The minimum Gasteiger partial charge on any atom is -0.322 e. The predicted molar refractivity (Wildman–Crippen MR) is 84.0 cm³/mol. The molecule has 0 radical (unpaired) electrons. The third kappa shape index (κ3) is 4.29. The van der Waals surface area contributed by atoms with Gasteiger partial charge in [0, 0.05) is 11.3 Å². The Bertz CT molecular complexity index is 819. The van der Waals surface area contributed by atoms with Crippen LogP contribution in [0, 0.1) is 12.7 Å². The number of anilines is 2. The van der Waals surface area contributed by atoms with E-state index in [1.54, 1.807) is 18.2 Å². The van der Waals surface area contributed by atoms with Crippen LogP contribution >= 0.6 is 0 Å². The third-order valence-corrected chi connectivity index (χ3v) is 3.39. The molecule has 2 N–H and O–H groups in total. The molecule has 0 aromatic heterocycles. The molecule has 0 heterocycles. The smallest absolute Gasteiger partial charge is 0.255 e. The molecule has 0 spiro atoms. The lowest BCUT2D eigenvalue weighted by Gasteiger charge is -2.10. The van der Waals surface area contributed by atoms with Crippen LogP contribution in [0.3, 0.4) is 0 Å². The fourth-order valence-electron chi connectivity index (χ4n) is 1.87. The van der Waals surface area contributed by atoms with Crippen LogP contribution in [0.25, 0.3) is 0 Å². The van der Waals surface area contributed by atoms with Crippen LogP contribution in [0.1, 0.15) is 15.9 Å². The summed E-state index contributed by atoms with van der Waals surface area (Å²) >= 11 is 0. The van der Waals surface area contributed by atoms with E-state index in [0.717, 1.165) is 17.9 Å². The van der Waals surface area contributed by atoms with Gasteiger partial charge in [0.25, 0.3) is 5.91 Å². The summed E-state index contributed by atoms with van der Waals surface area (Å²) in [5.74, 6) is -1.08. The van der Waals surface area contributed by atoms with E-state index in [4.69, 9.17) is 0 Å². The number of carbonyl (C=O) groups is 1. The monoisotopic (exact) mass is 322 g/mol. The molecule has 0 bridgehead atoms. The van der Waals surface area contributed by atoms with Gasteiger partial charge in [0.2, 0.25) is 10.0 Å². The van der Waals surface area contributed by atoms with Crippen molar-refractivity contribution in [1.29, 1.82) is 0 Å². The van der Waals surface area contributed by atoms with E-state index in [0.29, 0.717) is 11.3 Å². The molecule has 22 heavy (non-hydrogen) atoms. The van der Waals surface area contributed by atoms with Crippen molar-refractivity contribution in [2.75, 3.05) is 16.3 Å². The normalized spacial score (nSPS) is 11.0. The Kier molecular flexibility index (Phi) is 4.46. The predicted octanol–water partition coefficient (Wildman–Crippen LogP) is 2.76. The number of hydrogen-bond acceptors (Lipinski definition) is 3. The van der Waals surface area contributed by atoms with Crippen molar-refractivity contribution >= 4 is 27.3 Å². The van der Waals surface area contributed by atoms with E-state index < -0.39 is 15.8 Å². The zero-order valence-electron chi connectivity index (χ0n) is 12.1. The van der Waals surface area contributed by atoms with Gasteiger partial charge in [-0.05, 0) is 37.3 Å². The average Bonchev–Trinajstić information content (AvgIpc) is 2.41. The fraction of sp³-hybridized carbons (Fsp3) is 0.133. The van der Waals surface area contributed by atoms with Crippen LogP contribution in [0.4, 0.5) is 15.8 Å². The maximum atomic E-state index is 13.6. The second-order valence-electron chi connectivity index (χ2n) is 4.89. The molecular formula is C15H15FN2O3S. The highest BCUT2D eigenvalue weighted by molar-refractivity contribution is 7.92. The number of aryl methyl sites for hydroxylation is 1. The summed E-state index contributed by atoms with van der Waals surface area (Å²) in [5.41, 5.74) is 1.47. The van der Waals surface area contributed by atoms with Crippen molar-refractivity contribution in [1.82, 2.24) is 0 Å². The van der Waals surface area contributed by atoms with E-state index in [1.165, 1.54) is 12.1 Å². The molecule has 0 aliphatic heterocycles. The van der Waals surface area contributed by atoms with Gasteiger partial charge in [-0.15, -0.1) is 0 Å². The molecule has 0 fully saturated rings. The Morgan fingerprint density at radius 3 is 2.50 bits per heavy atom. The molecule has 5 nitrogen and oxygen atoms in total. The lowest BCUT2D eigenvalue weighted by Crippen LogP contribution is -2.14. The number of rotatable bonds is 4. The maximum absolute atomic E-state index is 13.6. The summed E-state index contributed by atoms with van der Waals surface area (Å²) in [6.07, 6.45) is 0.921. The van der Waals surface area contributed by atoms with Gasteiger partial charge in [0.05, 0.1) is 11.9 Å². The van der Waals surface area contributed by atoms with Gasteiger partial charge in [-0.1, -0.05) is 17.7 Å². The first-order valence-corrected chi connectivity index (χ1v) is 8.29. The standard InChI is InChI=1S/C15H15FN2O3S/c1-10-4-3-5-11(8-10)15(19)17-12-6-7-13(16)14(9-12)18-22(2,20)21/h3-9,18H,1-2H3,(H,17,19). The van der Waals surface area contributed by atoms with E-state index in [9.17, 15) is 17.6 Å². The number of benzene rings is 2. The van der Waals surface area contributed by atoms with Gasteiger partial charge in [0.1, 0.15) is 5.82 Å². The Balaban J connectivity index is 2.23. The second kappa shape index (κ2) is 6.15. The van der Waals surface area contributed by atoms with Crippen molar-refractivity contribution in [3.8, 4) is 0 Å². The first-order valence-electron chi connectivity index (χ1n) is 6.40. The number of carbonyl (C=O) groups excluding carboxylic acids is 1. The average molecular weight is 322 g/mol. The zero-order valence-corrected chi connectivity index (χ0v) is 12.9.